The molecule has 2 aliphatic heterocycles. The molecule has 0 radical (unpaired) electrons. The Balaban J connectivity index is 1.47. The number of methoxy groups -OCH3 is 1. The van der Waals surface area contributed by atoms with Crippen molar-refractivity contribution in [3.8, 4) is 0 Å². The lowest BCUT2D eigenvalue weighted by molar-refractivity contribution is -0.129. The molecule has 7 heteroatoms. The van der Waals surface area contributed by atoms with Crippen molar-refractivity contribution in [1.29, 1.82) is 0 Å². The summed E-state index contributed by atoms with van der Waals surface area (Å²) < 4.78 is 5.12. The van der Waals surface area contributed by atoms with E-state index >= 15 is 0 Å². The van der Waals surface area contributed by atoms with Crippen LogP contribution < -0.4 is 0 Å². The summed E-state index contributed by atoms with van der Waals surface area (Å²) in [5, 5.41) is 0. The van der Waals surface area contributed by atoms with Gasteiger partial charge >= 0.3 is 0 Å². The van der Waals surface area contributed by atoms with Crippen molar-refractivity contribution in [2.24, 2.45) is 0 Å². The van der Waals surface area contributed by atoms with Gasteiger partial charge in [-0.1, -0.05) is 12.1 Å². The summed E-state index contributed by atoms with van der Waals surface area (Å²) in [5.41, 5.74) is 3.69. The molecular formula is C22H26N4O3. The minimum absolute atomic E-state index is 0.0160. The van der Waals surface area contributed by atoms with Gasteiger partial charge in [-0.3, -0.25) is 9.59 Å². The van der Waals surface area contributed by atoms with Gasteiger partial charge in [0, 0.05) is 57.4 Å². The van der Waals surface area contributed by atoms with Gasteiger partial charge in [0.25, 0.3) is 5.91 Å². The van der Waals surface area contributed by atoms with Gasteiger partial charge in [-0.25, -0.2) is 9.97 Å². The molecule has 4 rings (SSSR count). The molecule has 0 spiro atoms. The van der Waals surface area contributed by atoms with Crippen molar-refractivity contribution in [2.75, 3.05) is 20.2 Å². The number of likely N-dealkylation sites (tertiary alicyclic amines) is 1. The quantitative estimate of drug-likeness (QED) is 0.796. The van der Waals surface area contributed by atoms with E-state index in [9.17, 15) is 9.59 Å². The Morgan fingerprint density at radius 1 is 1.21 bits per heavy atom. The smallest absolute Gasteiger partial charge is 0.254 e. The van der Waals surface area contributed by atoms with Crippen LogP contribution >= 0.6 is 0 Å². The largest absolute Gasteiger partial charge is 0.380 e. The van der Waals surface area contributed by atoms with Gasteiger partial charge in [0.2, 0.25) is 5.91 Å². The van der Waals surface area contributed by atoms with Crippen LogP contribution in [0.1, 0.15) is 58.8 Å². The third kappa shape index (κ3) is 4.00. The van der Waals surface area contributed by atoms with Crippen molar-refractivity contribution < 1.29 is 14.3 Å². The monoisotopic (exact) mass is 394 g/mol. The highest BCUT2D eigenvalue weighted by atomic mass is 16.5. The minimum Gasteiger partial charge on any atom is -0.380 e. The van der Waals surface area contributed by atoms with E-state index in [2.05, 4.69) is 4.98 Å². The van der Waals surface area contributed by atoms with Crippen LogP contribution in [-0.4, -0.2) is 51.8 Å². The standard InChI is InChI=1S/C22H26N4O3/c1-15(27)26-10-3-4-20(26)21-23-12-18-13-25(11-9-19(18)24-21)22(28)17-7-5-16(6-8-17)14-29-2/h5-8,12,20H,3-4,9-11,13-14H2,1-2H3. The highest BCUT2D eigenvalue weighted by molar-refractivity contribution is 5.94. The summed E-state index contributed by atoms with van der Waals surface area (Å²) in [6.07, 6.45) is 4.42. The van der Waals surface area contributed by atoms with E-state index in [-0.39, 0.29) is 17.9 Å². The Hall–Kier alpha value is -2.80. The Kier molecular flexibility index (Phi) is 5.58. The second kappa shape index (κ2) is 8.29. The van der Waals surface area contributed by atoms with Crippen LogP contribution in [0.3, 0.4) is 0 Å². The summed E-state index contributed by atoms with van der Waals surface area (Å²) in [5.74, 6) is 0.814. The number of benzene rings is 1. The van der Waals surface area contributed by atoms with Gasteiger partial charge in [0.05, 0.1) is 18.3 Å². The second-order valence-corrected chi connectivity index (χ2v) is 7.68. The number of hydrogen-bond acceptors (Lipinski definition) is 5. The molecule has 29 heavy (non-hydrogen) atoms. The third-order valence-electron chi connectivity index (χ3n) is 5.71. The molecule has 7 nitrogen and oxygen atoms in total. The molecular weight excluding hydrogens is 368 g/mol. The van der Waals surface area contributed by atoms with E-state index in [1.807, 2.05) is 40.3 Å². The van der Waals surface area contributed by atoms with Crippen LogP contribution in [0.2, 0.25) is 0 Å². The first-order valence-corrected chi connectivity index (χ1v) is 10.1. The molecule has 0 saturated carbocycles. The highest BCUT2D eigenvalue weighted by Crippen LogP contribution is 2.30. The molecule has 1 aromatic carbocycles. The normalized spacial score (nSPS) is 18.6. The fourth-order valence-electron chi connectivity index (χ4n) is 4.17. The van der Waals surface area contributed by atoms with E-state index in [1.54, 1.807) is 14.0 Å². The summed E-state index contributed by atoms with van der Waals surface area (Å²) in [6.45, 7) is 4.04. The maximum Gasteiger partial charge on any atom is 0.254 e. The van der Waals surface area contributed by atoms with Gasteiger partial charge in [0.1, 0.15) is 0 Å². The Bertz CT molecular complexity index is 913. The number of nitrogens with zero attached hydrogens (tertiary/aromatic N) is 4. The first-order valence-electron chi connectivity index (χ1n) is 10.1. The zero-order valence-electron chi connectivity index (χ0n) is 16.9. The molecule has 2 aromatic rings. The van der Waals surface area contributed by atoms with Crippen LogP contribution in [0.15, 0.2) is 30.5 Å². The van der Waals surface area contributed by atoms with Gasteiger partial charge < -0.3 is 14.5 Å². The molecule has 2 amide bonds. The Morgan fingerprint density at radius 3 is 2.72 bits per heavy atom. The van der Waals surface area contributed by atoms with Crippen LogP contribution in [-0.2, 0) is 29.1 Å². The van der Waals surface area contributed by atoms with Crippen LogP contribution in [0, 0.1) is 0 Å². The maximum atomic E-state index is 12.9. The molecule has 1 unspecified atom stereocenters. The van der Waals surface area contributed by atoms with Crippen molar-refractivity contribution >= 4 is 11.8 Å². The average molecular weight is 394 g/mol. The summed E-state index contributed by atoms with van der Waals surface area (Å²) in [6, 6.07) is 7.52. The van der Waals surface area contributed by atoms with E-state index < -0.39 is 0 Å². The van der Waals surface area contributed by atoms with Crippen molar-refractivity contribution in [3.05, 3.63) is 58.7 Å². The molecule has 3 heterocycles. The predicted octanol–water partition coefficient (Wildman–Crippen LogP) is 2.50. The van der Waals surface area contributed by atoms with Crippen LogP contribution in [0.25, 0.3) is 0 Å². The molecule has 0 aliphatic carbocycles. The van der Waals surface area contributed by atoms with Crippen molar-refractivity contribution in [2.45, 2.75) is 45.4 Å². The van der Waals surface area contributed by atoms with Gasteiger partial charge in [-0.05, 0) is 30.5 Å². The number of amides is 2. The zero-order chi connectivity index (χ0) is 20.4. The molecule has 2 aliphatic rings. The third-order valence-corrected chi connectivity index (χ3v) is 5.71. The molecule has 0 bridgehead atoms. The number of ether oxygens (including phenoxy) is 1. The van der Waals surface area contributed by atoms with E-state index in [1.165, 1.54) is 0 Å². The first-order chi connectivity index (χ1) is 14.1. The Morgan fingerprint density at radius 2 is 2.00 bits per heavy atom. The topological polar surface area (TPSA) is 75.6 Å². The van der Waals surface area contributed by atoms with E-state index in [0.29, 0.717) is 31.7 Å². The lowest BCUT2D eigenvalue weighted by atomic mass is 10.0. The summed E-state index contributed by atoms with van der Waals surface area (Å²) in [7, 11) is 1.65. The maximum absolute atomic E-state index is 12.9. The molecule has 1 aromatic heterocycles. The molecule has 1 atom stereocenters. The van der Waals surface area contributed by atoms with Gasteiger partial charge in [-0.15, -0.1) is 0 Å². The lowest BCUT2D eigenvalue weighted by Crippen LogP contribution is -2.37. The number of fused-ring (bicyclic) bond motifs is 1. The molecule has 152 valence electrons. The van der Waals surface area contributed by atoms with Crippen LogP contribution in [0.4, 0.5) is 0 Å². The summed E-state index contributed by atoms with van der Waals surface area (Å²) >= 11 is 0. The Labute approximate surface area is 170 Å². The fourth-order valence-corrected chi connectivity index (χ4v) is 4.17. The fraction of sp³-hybridized carbons (Fsp3) is 0.455. The number of aromatic nitrogens is 2. The molecule has 1 fully saturated rings. The van der Waals surface area contributed by atoms with Gasteiger partial charge in [0.15, 0.2) is 5.82 Å². The van der Waals surface area contributed by atoms with E-state index in [0.717, 1.165) is 42.0 Å². The number of carbonyl (C=O) groups is 2. The number of rotatable bonds is 4. The lowest BCUT2D eigenvalue weighted by Gasteiger charge is -2.29. The summed E-state index contributed by atoms with van der Waals surface area (Å²) in [4.78, 5) is 37.7. The molecule has 0 N–H and O–H groups in total. The second-order valence-electron chi connectivity index (χ2n) is 7.68. The number of hydrogen-bond donors (Lipinski definition) is 0. The molecule has 1 saturated heterocycles. The van der Waals surface area contributed by atoms with Crippen molar-refractivity contribution in [3.63, 3.8) is 0 Å². The van der Waals surface area contributed by atoms with E-state index in [4.69, 9.17) is 9.72 Å². The zero-order valence-corrected chi connectivity index (χ0v) is 16.9. The average Bonchev–Trinajstić information content (AvgIpc) is 3.24. The minimum atomic E-state index is -0.0249. The number of carbonyl (C=O) groups excluding carboxylic acids is 2. The van der Waals surface area contributed by atoms with Gasteiger partial charge in [-0.2, -0.15) is 0 Å². The van der Waals surface area contributed by atoms with Crippen LogP contribution in [0.5, 0.6) is 0 Å². The van der Waals surface area contributed by atoms with Crippen molar-refractivity contribution in [1.82, 2.24) is 19.8 Å². The SMILES string of the molecule is COCc1ccc(C(=O)N2CCc3nc(C4CCCN4C(C)=O)ncc3C2)cc1. The first kappa shape index (κ1) is 19.5. The highest BCUT2D eigenvalue weighted by Gasteiger charge is 2.31. The predicted molar refractivity (Wildman–Crippen MR) is 107 cm³/mol.